The number of rotatable bonds is 8. The number of carbonyl (C=O) groups is 1. The number of ketones is 1. The largest absolute Gasteiger partial charge is 0.508 e. The maximum atomic E-state index is 12.7. The van der Waals surface area contributed by atoms with Crippen LogP contribution in [0.5, 0.6) is 23.0 Å². The zero-order valence-electron chi connectivity index (χ0n) is 17.8. The number of piperidine rings is 1. The first-order valence-corrected chi connectivity index (χ1v) is 10.1. The molecule has 1 aliphatic rings. The van der Waals surface area contributed by atoms with E-state index in [0.717, 1.165) is 24.2 Å². The SMILES string of the molecule is COc1cc(/C=C/C(=O)c2ccc(O)c(CN3CCCCC3)c2)cc(OC)c1OC. The van der Waals surface area contributed by atoms with Gasteiger partial charge in [0.1, 0.15) is 5.75 Å². The molecule has 0 aromatic heterocycles. The molecule has 1 aliphatic heterocycles. The van der Waals surface area contributed by atoms with Crippen LogP contribution in [0.3, 0.4) is 0 Å². The minimum absolute atomic E-state index is 0.136. The molecule has 1 saturated heterocycles. The highest BCUT2D eigenvalue weighted by Gasteiger charge is 2.15. The fourth-order valence-electron chi connectivity index (χ4n) is 3.69. The lowest BCUT2D eigenvalue weighted by Gasteiger charge is -2.26. The molecule has 0 spiro atoms. The molecule has 0 aliphatic carbocycles. The number of hydrogen-bond donors (Lipinski definition) is 1. The summed E-state index contributed by atoms with van der Waals surface area (Å²) in [6, 6.07) is 8.59. The molecule has 2 aromatic rings. The first kappa shape index (κ1) is 21.7. The molecular weight excluding hydrogens is 382 g/mol. The summed E-state index contributed by atoms with van der Waals surface area (Å²) in [5.41, 5.74) is 2.08. The number of methoxy groups -OCH3 is 3. The third kappa shape index (κ3) is 5.13. The molecule has 0 amide bonds. The smallest absolute Gasteiger partial charge is 0.203 e. The molecule has 160 valence electrons. The van der Waals surface area contributed by atoms with E-state index in [1.807, 2.05) is 0 Å². The van der Waals surface area contributed by atoms with Gasteiger partial charge in [-0.1, -0.05) is 12.5 Å². The summed E-state index contributed by atoms with van der Waals surface area (Å²) >= 11 is 0. The van der Waals surface area contributed by atoms with Gasteiger partial charge in [-0.25, -0.2) is 0 Å². The van der Waals surface area contributed by atoms with Crippen molar-refractivity contribution in [1.29, 1.82) is 0 Å². The number of aromatic hydroxyl groups is 1. The Morgan fingerprint density at radius 2 is 1.67 bits per heavy atom. The summed E-state index contributed by atoms with van der Waals surface area (Å²) in [6.45, 7) is 2.71. The fourth-order valence-corrected chi connectivity index (χ4v) is 3.69. The van der Waals surface area contributed by atoms with E-state index in [1.54, 1.807) is 57.7 Å². The summed E-state index contributed by atoms with van der Waals surface area (Å²) in [6.07, 6.45) is 6.84. The molecular formula is C24H29NO5. The van der Waals surface area contributed by atoms with E-state index in [-0.39, 0.29) is 11.5 Å². The van der Waals surface area contributed by atoms with E-state index in [0.29, 0.717) is 29.4 Å². The van der Waals surface area contributed by atoms with Crippen molar-refractivity contribution in [2.24, 2.45) is 0 Å². The van der Waals surface area contributed by atoms with Crippen LogP contribution in [-0.4, -0.2) is 50.2 Å². The van der Waals surface area contributed by atoms with Gasteiger partial charge in [0.05, 0.1) is 21.3 Å². The van der Waals surface area contributed by atoms with Crippen molar-refractivity contribution >= 4 is 11.9 Å². The Morgan fingerprint density at radius 1 is 1.00 bits per heavy atom. The summed E-state index contributed by atoms with van der Waals surface area (Å²) in [7, 11) is 4.65. The van der Waals surface area contributed by atoms with Crippen LogP contribution < -0.4 is 14.2 Å². The number of likely N-dealkylation sites (tertiary alicyclic amines) is 1. The number of allylic oxidation sites excluding steroid dienone is 1. The van der Waals surface area contributed by atoms with Crippen LogP contribution in [0.25, 0.3) is 6.08 Å². The van der Waals surface area contributed by atoms with Crippen molar-refractivity contribution in [3.8, 4) is 23.0 Å². The van der Waals surface area contributed by atoms with Crippen molar-refractivity contribution in [2.45, 2.75) is 25.8 Å². The maximum absolute atomic E-state index is 12.7. The van der Waals surface area contributed by atoms with Gasteiger partial charge in [0.15, 0.2) is 17.3 Å². The highest BCUT2D eigenvalue weighted by Crippen LogP contribution is 2.38. The molecule has 0 radical (unpaired) electrons. The third-order valence-electron chi connectivity index (χ3n) is 5.32. The van der Waals surface area contributed by atoms with E-state index in [2.05, 4.69) is 4.90 Å². The van der Waals surface area contributed by atoms with Crippen molar-refractivity contribution in [2.75, 3.05) is 34.4 Å². The maximum Gasteiger partial charge on any atom is 0.203 e. The Bertz CT molecular complexity index is 891. The second-order valence-corrected chi connectivity index (χ2v) is 7.34. The van der Waals surface area contributed by atoms with E-state index < -0.39 is 0 Å². The van der Waals surface area contributed by atoms with Crippen LogP contribution in [0, 0.1) is 0 Å². The zero-order chi connectivity index (χ0) is 21.5. The molecule has 6 nitrogen and oxygen atoms in total. The first-order valence-electron chi connectivity index (χ1n) is 10.1. The zero-order valence-corrected chi connectivity index (χ0v) is 17.8. The van der Waals surface area contributed by atoms with Crippen molar-refractivity contribution in [3.63, 3.8) is 0 Å². The molecule has 0 atom stereocenters. The number of phenols is 1. The van der Waals surface area contributed by atoms with Crippen molar-refractivity contribution in [3.05, 3.63) is 53.1 Å². The molecule has 0 unspecified atom stereocenters. The molecule has 2 aromatic carbocycles. The van der Waals surface area contributed by atoms with Crippen LogP contribution in [0.2, 0.25) is 0 Å². The lowest BCUT2D eigenvalue weighted by Crippen LogP contribution is -2.29. The highest BCUT2D eigenvalue weighted by molar-refractivity contribution is 6.07. The molecule has 0 bridgehead atoms. The van der Waals surface area contributed by atoms with Gasteiger partial charge in [-0.2, -0.15) is 0 Å². The van der Waals surface area contributed by atoms with Gasteiger partial charge in [-0.05, 0) is 67.9 Å². The number of phenolic OH excluding ortho intramolecular Hbond substituents is 1. The van der Waals surface area contributed by atoms with Crippen LogP contribution in [0.4, 0.5) is 0 Å². The van der Waals surface area contributed by atoms with E-state index >= 15 is 0 Å². The molecule has 30 heavy (non-hydrogen) atoms. The summed E-state index contributed by atoms with van der Waals surface area (Å²) < 4.78 is 16.0. The standard InChI is InChI=1S/C24H29NO5/c1-28-22-13-17(14-23(29-2)24(22)30-3)7-9-20(26)18-8-10-21(27)19(15-18)16-25-11-5-4-6-12-25/h7-10,13-15,27H,4-6,11-12,16H2,1-3H3/b9-7+. The van der Waals surface area contributed by atoms with Crippen molar-refractivity contribution < 1.29 is 24.1 Å². The van der Waals surface area contributed by atoms with Gasteiger partial charge in [0.2, 0.25) is 5.75 Å². The Hall–Kier alpha value is -2.99. The Morgan fingerprint density at radius 3 is 2.27 bits per heavy atom. The third-order valence-corrected chi connectivity index (χ3v) is 5.32. The predicted molar refractivity (Wildman–Crippen MR) is 117 cm³/mol. The average molecular weight is 411 g/mol. The van der Waals surface area contributed by atoms with Crippen LogP contribution in [0.1, 0.15) is 40.7 Å². The van der Waals surface area contributed by atoms with Crippen LogP contribution in [0.15, 0.2) is 36.4 Å². The van der Waals surface area contributed by atoms with Crippen LogP contribution >= 0.6 is 0 Å². The molecule has 1 heterocycles. The van der Waals surface area contributed by atoms with E-state index in [9.17, 15) is 9.90 Å². The summed E-state index contributed by atoms with van der Waals surface area (Å²) in [5.74, 6) is 1.65. The van der Waals surface area contributed by atoms with Crippen molar-refractivity contribution in [1.82, 2.24) is 4.90 Å². The number of benzene rings is 2. The molecule has 6 heteroatoms. The monoisotopic (exact) mass is 411 g/mol. The minimum atomic E-state index is -0.136. The van der Waals surface area contributed by atoms with Gasteiger partial charge in [0, 0.05) is 17.7 Å². The Kier molecular flexibility index (Phi) is 7.36. The van der Waals surface area contributed by atoms with Gasteiger partial charge in [0.25, 0.3) is 0 Å². The van der Waals surface area contributed by atoms with Gasteiger partial charge < -0.3 is 19.3 Å². The van der Waals surface area contributed by atoms with E-state index in [1.165, 1.54) is 25.3 Å². The molecule has 0 saturated carbocycles. The fraction of sp³-hybridized carbons (Fsp3) is 0.375. The van der Waals surface area contributed by atoms with Crippen LogP contribution in [-0.2, 0) is 6.54 Å². The first-order chi connectivity index (χ1) is 14.5. The molecule has 3 rings (SSSR count). The molecule has 1 N–H and O–H groups in total. The highest BCUT2D eigenvalue weighted by atomic mass is 16.5. The summed E-state index contributed by atoms with van der Waals surface area (Å²) in [4.78, 5) is 15.1. The number of ether oxygens (including phenoxy) is 3. The summed E-state index contributed by atoms with van der Waals surface area (Å²) in [5, 5.41) is 10.2. The number of carbonyl (C=O) groups excluding carboxylic acids is 1. The number of hydrogen-bond acceptors (Lipinski definition) is 6. The second kappa shape index (κ2) is 10.2. The average Bonchev–Trinajstić information content (AvgIpc) is 2.78. The predicted octanol–water partition coefficient (Wildman–Crippen LogP) is 4.30. The normalized spacial score (nSPS) is 14.6. The Balaban J connectivity index is 1.78. The number of nitrogens with zero attached hydrogens (tertiary/aromatic N) is 1. The van der Waals surface area contributed by atoms with E-state index in [4.69, 9.17) is 14.2 Å². The minimum Gasteiger partial charge on any atom is -0.508 e. The van der Waals surface area contributed by atoms with Gasteiger partial charge in [-0.15, -0.1) is 0 Å². The second-order valence-electron chi connectivity index (χ2n) is 7.34. The molecule has 1 fully saturated rings. The lowest BCUT2D eigenvalue weighted by molar-refractivity contribution is 0.104. The Labute approximate surface area is 177 Å². The van der Waals surface area contributed by atoms with Gasteiger partial charge in [-0.3, -0.25) is 9.69 Å². The topological polar surface area (TPSA) is 68.2 Å². The lowest BCUT2D eigenvalue weighted by atomic mass is 10.0. The quantitative estimate of drug-likeness (QED) is 0.516. The van der Waals surface area contributed by atoms with Gasteiger partial charge >= 0.3 is 0 Å².